The van der Waals surface area contributed by atoms with Gasteiger partial charge in [0.15, 0.2) is 5.13 Å². The van der Waals surface area contributed by atoms with Gasteiger partial charge in [-0.2, -0.15) is 0 Å². The van der Waals surface area contributed by atoms with E-state index in [0.29, 0.717) is 16.0 Å². The average Bonchev–Trinajstić information content (AvgIpc) is 3.34. The number of benzene rings is 1. The molecule has 0 fully saturated rings. The summed E-state index contributed by atoms with van der Waals surface area (Å²) in [4.78, 5) is 20.4. The van der Waals surface area contributed by atoms with Crippen molar-refractivity contribution in [2.24, 2.45) is 0 Å². The van der Waals surface area contributed by atoms with Gasteiger partial charge in [-0.05, 0) is 42.8 Å². The molecular weight excluding hydrogens is 388 g/mol. The van der Waals surface area contributed by atoms with Gasteiger partial charge in [0.25, 0.3) is 0 Å². The van der Waals surface area contributed by atoms with Crippen LogP contribution in [0.3, 0.4) is 0 Å². The molecule has 0 bridgehead atoms. The Balaban J connectivity index is 1.69. The number of carbonyl (C=O) groups is 1. The molecule has 4 aromatic rings. The summed E-state index contributed by atoms with van der Waals surface area (Å²) in [7, 11) is 0. The summed E-state index contributed by atoms with van der Waals surface area (Å²) in [6, 6.07) is 13.4. The molecule has 0 aliphatic carbocycles. The predicted octanol–water partition coefficient (Wildman–Crippen LogP) is 5.69. The summed E-state index contributed by atoms with van der Waals surface area (Å²) in [6.45, 7) is 2.38. The largest absolute Gasteiger partial charge is 0.467 e. The van der Waals surface area contributed by atoms with Gasteiger partial charge >= 0.3 is 0 Å². The maximum absolute atomic E-state index is 13.0. The fourth-order valence-corrected chi connectivity index (χ4v) is 4.84. The van der Waals surface area contributed by atoms with E-state index >= 15 is 0 Å². The second-order valence-corrected chi connectivity index (χ2v) is 8.67. The quantitative estimate of drug-likeness (QED) is 0.431. The highest BCUT2D eigenvalue weighted by Gasteiger charge is 2.22. The third-order valence-electron chi connectivity index (χ3n) is 3.99. The highest BCUT2D eigenvalue weighted by atomic mass is 35.5. The Morgan fingerprint density at radius 1 is 1.19 bits per heavy atom. The van der Waals surface area contributed by atoms with E-state index in [1.165, 1.54) is 22.7 Å². The van der Waals surface area contributed by atoms with Gasteiger partial charge in [-0.3, -0.25) is 9.69 Å². The van der Waals surface area contributed by atoms with Crippen LogP contribution in [0, 0.1) is 6.92 Å². The maximum atomic E-state index is 13.0. The van der Waals surface area contributed by atoms with Crippen molar-refractivity contribution in [1.82, 2.24) is 4.98 Å². The van der Waals surface area contributed by atoms with E-state index in [-0.39, 0.29) is 12.3 Å². The molecular formula is C19H15ClN2O2S2. The lowest BCUT2D eigenvalue weighted by atomic mass is 10.2. The molecule has 0 radical (unpaired) electrons. The number of thiophene rings is 1. The maximum Gasteiger partial charge on any atom is 0.234 e. The molecule has 0 aliphatic heterocycles. The molecule has 3 heterocycles. The van der Waals surface area contributed by atoms with Crippen molar-refractivity contribution in [3.05, 3.63) is 69.3 Å². The van der Waals surface area contributed by atoms with E-state index < -0.39 is 0 Å². The standard InChI is InChI=1S/C19H15ClN2O2S2/c1-12-4-2-6-15-18(12)21-19(26-15)22(11-13-5-3-9-24-13)17(23)10-14-7-8-16(20)25-14/h2-9H,10-11H2,1H3. The molecule has 4 nitrogen and oxygen atoms in total. The number of rotatable bonds is 5. The lowest BCUT2D eigenvalue weighted by Gasteiger charge is -2.18. The lowest BCUT2D eigenvalue weighted by molar-refractivity contribution is -0.118. The first-order chi connectivity index (χ1) is 12.6. The molecule has 3 aromatic heterocycles. The van der Waals surface area contributed by atoms with Gasteiger partial charge in [0.05, 0.1) is 33.8 Å². The van der Waals surface area contributed by atoms with Crippen LogP contribution in [0.2, 0.25) is 4.34 Å². The third kappa shape index (κ3) is 3.53. The minimum atomic E-state index is -0.0309. The summed E-state index contributed by atoms with van der Waals surface area (Å²) in [5, 5.41) is 0.679. The molecule has 132 valence electrons. The fourth-order valence-electron chi connectivity index (χ4n) is 2.70. The Kier molecular flexibility index (Phi) is 4.80. The molecule has 0 aliphatic rings. The molecule has 1 aromatic carbocycles. The molecule has 4 rings (SSSR count). The second kappa shape index (κ2) is 7.23. The average molecular weight is 403 g/mol. The number of carbonyl (C=O) groups excluding carboxylic acids is 1. The number of para-hydroxylation sites is 1. The number of nitrogens with zero attached hydrogens (tertiary/aromatic N) is 2. The fraction of sp³-hybridized carbons (Fsp3) is 0.158. The van der Waals surface area contributed by atoms with E-state index in [0.717, 1.165) is 26.4 Å². The first-order valence-corrected chi connectivity index (χ1v) is 10.0. The van der Waals surface area contributed by atoms with Crippen LogP contribution in [0.1, 0.15) is 16.2 Å². The third-order valence-corrected chi connectivity index (χ3v) is 6.26. The smallest absolute Gasteiger partial charge is 0.234 e. The minimum absolute atomic E-state index is 0.0309. The number of fused-ring (bicyclic) bond motifs is 1. The van der Waals surface area contributed by atoms with E-state index in [2.05, 4.69) is 0 Å². The first kappa shape index (κ1) is 17.3. The van der Waals surface area contributed by atoms with Gasteiger partial charge in [0, 0.05) is 4.88 Å². The number of aryl methyl sites for hydroxylation is 1. The van der Waals surface area contributed by atoms with Crippen molar-refractivity contribution in [2.75, 3.05) is 4.90 Å². The molecule has 26 heavy (non-hydrogen) atoms. The molecule has 0 unspecified atom stereocenters. The number of halogens is 1. The van der Waals surface area contributed by atoms with Crippen LogP contribution in [0.5, 0.6) is 0 Å². The molecule has 0 saturated carbocycles. The van der Waals surface area contributed by atoms with Gasteiger partial charge in [0.1, 0.15) is 5.76 Å². The highest BCUT2D eigenvalue weighted by Crippen LogP contribution is 2.32. The van der Waals surface area contributed by atoms with E-state index in [9.17, 15) is 4.79 Å². The van der Waals surface area contributed by atoms with Crippen LogP contribution in [0.4, 0.5) is 5.13 Å². The molecule has 0 N–H and O–H groups in total. The Bertz CT molecular complexity index is 1050. The summed E-state index contributed by atoms with van der Waals surface area (Å²) in [5.74, 6) is 0.690. The van der Waals surface area contributed by atoms with Crippen molar-refractivity contribution in [2.45, 2.75) is 19.9 Å². The summed E-state index contributed by atoms with van der Waals surface area (Å²) in [5.41, 5.74) is 2.03. The van der Waals surface area contributed by atoms with Gasteiger partial charge in [-0.25, -0.2) is 4.98 Å². The number of aromatic nitrogens is 1. The number of hydrogen-bond acceptors (Lipinski definition) is 5. The monoisotopic (exact) mass is 402 g/mol. The highest BCUT2D eigenvalue weighted by molar-refractivity contribution is 7.22. The van der Waals surface area contributed by atoms with Crippen molar-refractivity contribution in [1.29, 1.82) is 0 Å². The number of furan rings is 1. The molecule has 0 spiro atoms. The van der Waals surface area contributed by atoms with E-state index in [1.807, 2.05) is 49.4 Å². The Morgan fingerprint density at radius 3 is 2.77 bits per heavy atom. The van der Waals surface area contributed by atoms with Crippen molar-refractivity contribution in [3.8, 4) is 0 Å². The molecule has 0 saturated heterocycles. The number of hydrogen-bond donors (Lipinski definition) is 0. The van der Waals surface area contributed by atoms with Crippen molar-refractivity contribution >= 4 is 55.5 Å². The van der Waals surface area contributed by atoms with Crippen molar-refractivity contribution < 1.29 is 9.21 Å². The van der Waals surface area contributed by atoms with Gasteiger partial charge in [-0.1, -0.05) is 35.1 Å². The number of anilines is 1. The zero-order chi connectivity index (χ0) is 18.1. The van der Waals surface area contributed by atoms with Crippen LogP contribution >= 0.6 is 34.3 Å². The SMILES string of the molecule is Cc1cccc2sc(N(Cc3ccco3)C(=O)Cc3ccc(Cl)s3)nc12. The molecule has 0 atom stereocenters. The van der Waals surface area contributed by atoms with Gasteiger partial charge in [0.2, 0.25) is 5.91 Å². The first-order valence-electron chi connectivity index (χ1n) is 8.03. The van der Waals surface area contributed by atoms with Crippen LogP contribution in [0.15, 0.2) is 53.1 Å². The summed E-state index contributed by atoms with van der Waals surface area (Å²) in [6.07, 6.45) is 1.90. The molecule has 7 heteroatoms. The molecule has 1 amide bonds. The Hall–Kier alpha value is -2.15. The lowest BCUT2D eigenvalue weighted by Crippen LogP contribution is -2.31. The summed E-state index contributed by atoms with van der Waals surface area (Å²) >= 11 is 8.93. The normalized spacial score (nSPS) is 11.2. The Labute approximate surface area is 163 Å². The van der Waals surface area contributed by atoms with E-state index in [1.54, 1.807) is 11.2 Å². The Morgan fingerprint density at radius 2 is 2.08 bits per heavy atom. The zero-order valence-electron chi connectivity index (χ0n) is 13.9. The van der Waals surface area contributed by atoms with Crippen molar-refractivity contribution in [3.63, 3.8) is 0 Å². The second-order valence-electron chi connectivity index (χ2n) is 5.86. The van der Waals surface area contributed by atoms with Crippen LogP contribution in [0.25, 0.3) is 10.2 Å². The van der Waals surface area contributed by atoms with Gasteiger partial charge < -0.3 is 4.42 Å². The van der Waals surface area contributed by atoms with Crippen LogP contribution in [-0.2, 0) is 17.8 Å². The zero-order valence-corrected chi connectivity index (χ0v) is 16.3. The van der Waals surface area contributed by atoms with Gasteiger partial charge in [-0.15, -0.1) is 11.3 Å². The van der Waals surface area contributed by atoms with Crippen LogP contribution < -0.4 is 4.90 Å². The van der Waals surface area contributed by atoms with Crippen LogP contribution in [-0.4, -0.2) is 10.9 Å². The minimum Gasteiger partial charge on any atom is -0.467 e. The predicted molar refractivity (Wildman–Crippen MR) is 107 cm³/mol. The number of amides is 1. The summed E-state index contributed by atoms with van der Waals surface area (Å²) < 4.78 is 7.20. The topological polar surface area (TPSA) is 46.3 Å². The number of thiazole rings is 1. The van der Waals surface area contributed by atoms with E-state index in [4.69, 9.17) is 21.0 Å².